The first-order chi connectivity index (χ1) is 5.24. The Bertz CT molecular complexity index is 149. The van der Waals surface area contributed by atoms with Gasteiger partial charge in [-0.1, -0.05) is 0 Å². The van der Waals surface area contributed by atoms with Crippen LogP contribution in [0.3, 0.4) is 0 Å². The molecule has 1 N–H and O–H groups in total. The molecule has 0 amide bonds. The average molecular weight is 176 g/mol. The molecule has 0 radical (unpaired) electrons. The van der Waals surface area contributed by atoms with E-state index >= 15 is 0 Å². The molecule has 1 aliphatic rings. The minimum Gasteiger partial charge on any atom is -0.469 e. The normalized spacial score (nSPS) is 30.4. The number of aliphatic hydroxyl groups is 1. The van der Waals surface area contributed by atoms with Gasteiger partial charge >= 0.3 is 5.97 Å². The molecule has 1 heterocycles. The molecule has 0 aliphatic carbocycles. The molecule has 0 spiro atoms. The molecule has 11 heavy (non-hydrogen) atoms. The predicted octanol–water partition coefficient (Wildman–Crippen LogP) is 0.273. The highest BCUT2D eigenvalue weighted by molar-refractivity contribution is 7.99. The number of carbonyl (C=O) groups is 1. The Hall–Kier alpha value is -0.220. The maximum atomic E-state index is 10.8. The van der Waals surface area contributed by atoms with E-state index in [9.17, 15) is 9.90 Å². The zero-order valence-corrected chi connectivity index (χ0v) is 7.26. The van der Waals surface area contributed by atoms with Gasteiger partial charge in [-0.3, -0.25) is 4.79 Å². The van der Waals surface area contributed by atoms with Gasteiger partial charge < -0.3 is 9.84 Å². The zero-order valence-electron chi connectivity index (χ0n) is 6.45. The fourth-order valence-electron chi connectivity index (χ4n) is 1.08. The van der Waals surface area contributed by atoms with Gasteiger partial charge in [0.2, 0.25) is 0 Å². The number of methoxy groups -OCH3 is 1. The van der Waals surface area contributed by atoms with Crippen molar-refractivity contribution in [1.29, 1.82) is 0 Å². The van der Waals surface area contributed by atoms with Gasteiger partial charge in [0.25, 0.3) is 0 Å². The van der Waals surface area contributed by atoms with E-state index in [0.717, 1.165) is 11.5 Å². The third-order valence-electron chi connectivity index (χ3n) is 1.82. The van der Waals surface area contributed by atoms with Crippen LogP contribution in [0.1, 0.15) is 6.42 Å². The third-order valence-corrected chi connectivity index (χ3v) is 3.06. The summed E-state index contributed by atoms with van der Waals surface area (Å²) >= 11 is 1.68. The van der Waals surface area contributed by atoms with Crippen LogP contribution in [0.4, 0.5) is 0 Å². The van der Waals surface area contributed by atoms with Crippen LogP contribution >= 0.6 is 11.8 Å². The summed E-state index contributed by atoms with van der Waals surface area (Å²) in [5.41, 5.74) is 0. The van der Waals surface area contributed by atoms with Gasteiger partial charge in [0.15, 0.2) is 0 Å². The second kappa shape index (κ2) is 3.97. The first-order valence-electron chi connectivity index (χ1n) is 3.56. The van der Waals surface area contributed by atoms with Crippen molar-refractivity contribution >= 4 is 17.7 Å². The van der Waals surface area contributed by atoms with E-state index in [-0.39, 0.29) is 18.0 Å². The molecule has 0 aromatic rings. The molecule has 0 aromatic heterocycles. The van der Waals surface area contributed by atoms with Crippen LogP contribution in [0.15, 0.2) is 0 Å². The Kier molecular flexibility index (Phi) is 3.20. The first-order valence-corrected chi connectivity index (χ1v) is 4.72. The number of carbonyl (C=O) groups excluding carboxylic acids is 1. The number of aliphatic hydroxyl groups excluding tert-OH is 1. The summed E-state index contributed by atoms with van der Waals surface area (Å²) in [6.45, 7) is 0. The standard InChI is InChI=1S/C7H12O3S/c1-10-7(9)2-5-3-11-4-6(5)8/h5-6,8H,2-4H2,1H3. The third kappa shape index (κ3) is 2.38. The van der Waals surface area contributed by atoms with Crippen LogP contribution < -0.4 is 0 Å². The SMILES string of the molecule is COC(=O)CC1CSCC1O. The lowest BCUT2D eigenvalue weighted by Crippen LogP contribution is -2.21. The average Bonchev–Trinajstić information content (AvgIpc) is 2.37. The Morgan fingerprint density at radius 2 is 2.45 bits per heavy atom. The van der Waals surface area contributed by atoms with Gasteiger partial charge in [0.05, 0.1) is 19.6 Å². The van der Waals surface area contributed by atoms with Gasteiger partial charge in [0.1, 0.15) is 0 Å². The largest absolute Gasteiger partial charge is 0.469 e. The van der Waals surface area contributed by atoms with Crippen LogP contribution in [0.2, 0.25) is 0 Å². The number of hydrogen-bond acceptors (Lipinski definition) is 4. The second-order valence-corrected chi connectivity index (χ2v) is 3.72. The number of ether oxygens (including phenoxy) is 1. The Labute approximate surface area is 70.1 Å². The Morgan fingerprint density at radius 3 is 2.91 bits per heavy atom. The van der Waals surface area contributed by atoms with E-state index < -0.39 is 0 Å². The fourth-order valence-corrected chi connectivity index (χ4v) is 2.37. The van der Waals surface area contributed by atoms with Crippen LogP contribution in [0.5, 0.6) is 0 Å². The topological polar surface area (TPSA) is 46.5 Å². The number of hydrogen-bond donors (Lipinski definition) is 1. The van der Waals surface area contributed by atoms with E-state index in [4.69, 9.17) is 0 Å². The molecule has 0 saturated carbocycles. The molecular weight excluding hydrogens is 164 g/mol. The van der Waals surface area contributed by atoms with Crippen molar-refractivity contribution in [2.24, 2.45) is 5.92 Å². The summed E-state index contributed by atoms with van der Waals surface area (Å²) in [4.78, 5) is 10.8. The minimum atomic E-state index is -0.320. The van der Waals surface area contributed by atoms with Crippen LogP contribution in [-0.4, -0.2) is 35.8 Å². The lowest BCUT2D eigenvalue weighted by molar-refractivity contribution is -0.142. The van der Waals surface area contributed by atoms with Crippen molar-refractivity contribution in [1.82, 2.24) is 0 Å². The number of rotatable bonds is 2. The van der Waals surface area contributed by atoms with E-state index in [1.54, 1.807) is 11.8 Å². The number of thioether (sulfide) groups is 1. The zero-order chi connectivity index (χ0) is 8.27. The van der Waals surface area contributed by atoms with Gasteiger partial charge in [-0.2, -0.15) is 11.8 Å². The van der Waals surface area contributed by atoms with Crippen molar-refractivity contribution < 1.29 is 14.6 Å². The molecule has 2 unspecified atom stereocenters. The van der Waals surface area contributed by atoms with E-state index in [2.05, 4.69) is 4.74 Å². The van der Waals surface area contributed by atoms with Gasteiger partial charge in [0, 0.05) is 11.7 Å². The quantitative estimate of drug-likeness (QED) is 0.614. The molecule has 0 bridgehead atoms. The van der Waals surface area contributed by atoms with Crippen molar-refractivity contribution in [3.63, 3.8) is 0 Å². The van der Waals surface area contributed by atoms with E-state index in [1.807, 2.05) is 0 Å². The monoisotopic (exact) mass is 176 g/mol. The maximum Gasteiger partial charge on any atom is 0.305 e. The summed E-state index contributed by atoms with van der Waals surface area (Å²) in [5, 5.41) is 9.30. The van der Waals surface area contributed by atoms with Crippen LogP contribution in [0.25, 0.3) is 0 Å². The van der Waals surface area contributed by atoms with Gasteiger partial charge in [-0.15, -0.1) is 0 Å². The summed E-state index contributed by atoms with van der Waals surface area (Å²) in [5.74, 6) is 1.50. The maximum absolute atomic E-state index is 10.8. The molecule has 2 atom stereocenters. The van der Waals surface area contributed by atoms with Crippen molar-refractivity contribution in [2.45, 2.75) is 12.5 Å². The molecule has 0 aromatic carbocycles. The van der Waals surface area contributed by atoms with Crippen LogP contribution in [0, 0.1) is 5.92 Å². The molecular formula is C7H12O3S. The van der Waals surface area contributed by atoms with E-state index in [1.165, 1.54) is 7.11 Å². The molecule has 4 heteroatoms. The van der Waals surface area contributed by atoms with Crippen molar-refractivity contribution in [3.05, 3.63) is 0 Å². The molecule has 64 valence electrons. The smallest absolute Gasteiger partial charge is 0.305 e. The van der Waals surface area contributed by atoms with E-state index in [0.29, 0.717) is 6.42 Å². The minimum absolute atomic E-state index is 0.104. The molecule has 1 saturated heterocycles. The highest BCUT2D eigenvalue weighted by Crippen LogP contribution is 2.26. The Balaban J connectivity index is 2.30. The highest BCUT2D eigenvalue weighted by Gasteiger charge is 2.27. The van der Waals surface area contributed by atoms with Crippen molar-refractivity contribution in [3.8, 4) is 0 Å². The van der Waals surface area contributed by atoms with Gasteiger partial charge in [-0.05, 0) is 5.75 Å². The Morgan fingerprint density at radius 1 is 1.73 bits per heavy atom. The summed E-state index contributed by atoms with van der Waals surface area (Å²) in [6.07, 6.45) is 0.0316. The molecule has 3 nitrogen and oxygen atoms in total. The second-order valence-electron chi connectivity index (χ2n) is 2.65. The lowest BCUT2D eigenvalue weighted by atomic mass is 10.0. The van der Waals surface area contributed by atoms with Crippen molar-refractivity contribution in [2.75, 3.05) is 18.6 Å². The summed E-state index contributed by atoms with van der Waals surface area (Å²) in [6, 6.07) is 0. The summed E-state index contributed by atoms with van der Waals surface area (Å²) < 4.78 is 4.50. The summed E-state index contributed by atoms with van der Waals surface area (Å²) in [7, 11) is 1.37. The predicted molar refractivity (Wildman–Crippen MR) is 43.5 cm³/mol. The molecule has 1 aliphatic heterocycles. The molecule has 1 rings (SSSR count). The fraction of sp³-hybridized carbons (Fsp3) is 0.857. The van der Waals surface area contributed by atoms with Gasteiger partial charge in [-0.25, -0.2) is 0 Å². The number of esters is 1. The first kappa shape index (κ1) is 8.87. The molecule has 1 fully saturated rings. The van der Waals surface area contributed by atoms with Crippen LogP contribution in [-0.2, 0) is 9.53 Å². The lowest BCUT2D eigenvalue weighted by Gasteiger charge is -2.10. The highest BCUT2D eigenvalue weighted by atomic mass is 32.2.